The van der Waals surface area contributed by atoms with Gasteiger partial charge in [0.15, 0.2) is 0 Å². The Labute approximate surface area is 129 Å². The molecule has 0 aromatic heterocycles. The van der Waals surface area contributed by atoms with Gasteiger partial charge in [0.2, 0.25) is 0 Å². The van der Waals surface area contributed by atoms with E-state index in [4.69, 9.17) is 4.74 Å². The predicted octanol–water partition coefficient (Wildman–Crippen LogP) is 3.74. The van der Waals surface area contributed by atoms with Gasteiger partial charge in [0.1, 0.15) is 5.54 Å². The third kappa shape index (κ3) is 6.35. The predicted molar refractivity (Wildman–Crippen MR) is 85.6 cm³/mol. The molecule has 0 saturated heterocycles. The van der Waals surface area contributed by atoms with Crippen LogP contribution in [0.5, 0.6) is 0 Å². The lowest BCUT2D eigenvalue weighted by atomic mass is 9.80. The number of unbranched alkanes of at least 4 members (excludes halogenated alkanes) is 4. The molecule has 1 saturated carbocycles. The van der Waals surface area contributed by atoms with Crippen molar-refractivity contribution in [3.8, 4) is 0 Å². The van der Waals surface area contributed by atoms with Crippen molar-refractivity contribution in [2.24, 2.45) is 0 Å². The molecule has 0 spiro atoms. The molecule has 1 aliphatic rings. The van der Waals surface area contributed by atoms with E-state index < -0.39 is 11.5 Å². The average Bonchev–Trinajstić information content (AvgIpc) is 2.49. The SMILES string of the molecule is CCCCCCCOC1CCCC(NCCC)(C(=O)O)C1. The number of carboxylic acid groups (broad SMARTS) is 1. The quantitative estimate of drug-likeness (QED) is 0.571. The normalized spacial score (nSPS) is 25.9. The van der Waals surface area contributed by atoms with Crippen LogP contribution in [0.15, 0.2) is 0 Å². The molecule has 0 aliphatic heterocycles. The molecule has 0 heterocycles. The molecule has 1 aliphatic carbocycles. The Morgan fingerprint density at radius 2 is 2.00 bits per heavy atom. The van der Waals surface area contributed by atoms with Crippen molar-refractivity contribution in [1.29, 1.82) is 0 Å². The fraction of sp³-hybridized carbons (Fsp3) is 0.941. The standard InChI is InChI=1S/C17H33NO3/c1-3-5-6-7-8-13-21-15-10-9-11-17(14-15,16(19)20)18-12-4-2/h15,18H,3-14H2,1-2H3,(H,19,20). The van der Waals surface area contributed by atoms with Gasteiger partial charge in [-0.1, -0.05) is 39.5 Å². The van der Waals surface area contributed by atoms with Crippen molar-refractivity contribution < 1.29 is 14.6 Å². The van der Waals surface area contributed by atoms with E-state index in [0.717, 1.165) is 45.3 Å². The third-order valence-electron chi connectivity index (χ3n) is 4.43. The van der Waals surface area contributed by atoms with E-state index >= 15 is 0 Å². The zero-order chi connectivity index (χ0) is 15.6. The highest BCUT2D eigenvalue weighted by Gasteiger charge is 2.42. The minimum absolute atomic E-state index is 0.102. The Morgan fingerprint density at radius 3 is 2.67 bits per heavy atom. The monoisotopic (exact) mass is 299 g/mol. The Hall–Kier alpha value is -0.610. The highest BCUT2D eigenvalue weighted by Crippen LogP contribution is 2.30. The first kappa shape index (κ1) is 18.4. The molecule has 0 aromatic rings. The highest BCUT2D eigenvalue weighted by molar-refractivity contribution is 5.79. The molecular weight excluding hydrogens is 266 g/mol. The lowest BCUT2D eigenvalue weighted by Crippen LogP contribution is -2.56. The highest BCUT2D eigenvalue weighted by atomic mass is 16.5. The van der Waals surface area contributed by atoms with Gasteiger partial charge in [-0.05, 0) is 38.6 Å². The van der Waals surface area contributed by atoms with Gasteiger partial charge in [0.05, 0.1) is 6.10 Å². The molecule has 0 bridgehead atoms. The molecule has 21 heavy (non-hydrogen) atoms. The second-order valence-corrected chi connectivity index (χ2v) is 6.32. The number of carboxylic acids is 1. The molecule has 4 heteroatoms. The van der Waals surface area contributed by atoms with Crippen LogP contribution in [0.1, 0.15) is 78.1 Å². The van der Waals surface area contributed by atoms with Crippen LogP contribution in [-0.4, -0.2) is 35.9 Å². The van der Waals surface area contributed by atoms with E-state index in [9.17, 15) is 9.90 Å². The molecular formula is C17H33NO3. The van der Waals surface area contributed by atoms with Crippen LogP contribution < -0.4 is 5.32 Å². The average molecular weight is 299 g/mol. The minimum Gasteiger partial charge on any atom is -0.480 e. The Bertz CT molecular complexity index is 296. The van der Waals surface area contributed by atoms with Crippen LogP contribution in [0.3, 0.4) is 0 Å². The summed E-state index contributed by atoms with van der Waals surface area (Å²) in [7, 11) is 0. The first-order chi connectivity index (χ1) is 10.1. The van der Waals surface area contributed by atoms with Crippen LogP contribution in [0.4, 0.5) is 0 Å². The Morgan fingerprint density at radius 1 is 1.24 bits per heavy atom. The van der Waals surface area contributed by atoms with Gasteiger partial charge in [-0.2, -0.15) is 0 Å². The van der Waals surface area contributed by atoms with Crippen molar-refractivity contribution >= 4 is 5.97 Å². The fourth-order valence-electron chi connectivity index (χ4n) is 3.12. The van der Waals surface area contributed by atoms with E-state index in [1.165, 1.54) is 25.7 Å². The number of hydrogen-bond acceptors (Lipinski definition) is 3. The third-order valence-corrected chi connectivity index (χ3v) is 4.43. The maximum atomic E-state index is 11.7. The van der Waals surface area contributed by atoms with Crippen molar-refractivity contribution in [2.45, 2.75) is 89.7 Å². The minimum atomic E-state index is -0.763. The largest absolute Gasteiger partial charge is 0.480 e. The molecule has 124 valence electrons. The molecule has 2 N–H and O–H groups in total. The molecule has 2 unspecified atom stereocenters. The van der Waals surface area contributed by atoms with E-state index in [0.29, 0.717) is 6.42 Å². The second kappa shape index (κ2) is 10.2. The fourth-order valence-corrected chi connectivity index (χ4v) is 3.12. The molecule has 4 nitrogen and oxygen atoms in total. The number of nitrogens with one attached hydrogen (secondary N) is 1. The van der Waals surface area contributed by atoms with Crippen molar-refractivity contribution in [3.05, 3.63) is 0 Å². The van der Waals surface area contributed by atoms with Crippen molar-refractivity contribution in [1.82, 2.24) is 5.32 Å². The van der Waals surface area contributed by atoms with Gasteiger partial charge in [-0.15, -0.1) is 0 Å². The van der Waals surface area contributed by atoms with Gasteiger partial charge in [-0.25, -0.2) is 0 Å². The molecule has 2 atom stereocenters. The van der Waals surface area contributed by atoms with Crippen LogP contribution >= 0.6 is 0 Å². The first-order valence-corrected chi connectivity index (χ1v) is 8.74. The van der Waals surface area contributed by atoms with Crippen LogP contribution in [-0.2, 0) is 9.53 Å². The van der Waals surface area contributed by atoms with E-state index in [2.05, 4.69) is 19.2 Å². The zero-order valence-electron chi connectivity index (χ0n) is 13.8. The van der Waals surface area contributed by atoms with Gasteiger partial charge in [-0.3, -0.25) is 4.79 Å². The van der Waals surface area contributed by atoms with Crippen LogP contribution in [0.2, 0.25) is 0 Å². The van der Waals surface area contributed by atoms with Gasteiger partial charge in [0.25, 0.3) is 0 Å². The number of carbonyl (C=O) groups is 1. The number of ether oxygens (including phenoxy) is 1. The number of hydrogen-bond donors (Lipinski definition) is 2. The van der Waals surface area contributed by atoms with E-state index in [1.54, 1.807) is 0 Å². The molecule has 0 amide bonds. The summed E-state index contributed by atoms with van der Waals surface area (Å²) in [6.07, 6.45) is 10.5. The smallest absolute Gasteiger partial charge is 0.323 e. The topological polar surface area (TPSA) is 58.6 Å². The summed E-state index contributed by atoms with van der Waals surface area (Å²) in [5.74, 6) is -0.716. The summed E-state index contributed by atoms with van der Waals surface area (Å²) in [6, 6.07) is 0. The van der Waals surface area contributed by atoms with E-state index in [-0.39, 0.29) is 6.10 Å². The molecule has 0 aromatic carbocycles. The number of rotatable bonds is 11. The Kier molecular flexibility index (Phi) is 8.93. The van der Waals surface area contributed by atoms with Crippen LogP contribution in [0, 0.1) is 0 Å². The summed E-state index contributed by atoms with van der Waals surface area (Å²) in [5.41, 5.74) is -0.763. The van der Waals surface area contributed by atoms with Crippen molar-refractivity contribution in [3.63, 3.8) is 0 Å². The van der Waals surface area contributed by atoms with Gasteiger partial charge >= 0.3 is 5.97 Å². The van der Waals surface area contributed by atoms with Gasteiger partial charge < -0.3 is 15.2 Å². The first-order valence-electron chi connectivity index (χ1n) is 8.74. The summed E-state index contributed by atoms with van der Waals surface area (Å²) < 4.78 is 5.95. The summed E-state index contributed by atoms with van der Waals surface area (Å²) in [6.45, 7) is 5.82. The number of aliphatic carboxylic acids is 1. The summed E-state index contributed by atoms with van der Waals surface area (Å²) >= 11 is 0. The summed E-state index contributed by atoms with van der Waals surface area (Å²) in [5, 5.41) is 12.8. The second-order valence-electron chi connectivity index (χ2n) is 6.32. The molecule has 1 fully saturated rings. The van der Waals surface area contributed by atoms with E-state index in [1.807, 2.05) is 0 Å². The van der Waals surface area contributed by atoms with Gasteiger partial charge in [0, 0.05) is 13.0 Å². The lowest BCUT2D eigenvalue weighted by molar-refractivity contribution is -0.149. The van der Waals surface area contributed by atoms with Crippen LogP contribution in [0.25, 0.3) is 0 Å². The Balaban J connectivity index is 2.34. The summed E-state index contributed by atoms with van der Waals surface area (Å²) in [4.78, 5) is 11.7. The maximum absolute atomic E-state index is 11.7. The van der Waals surface area contributed by atoms with Crippen molar-refractivity contribution in [2.75, 3.05) is 13.2 Å². The molecule has 1 rings (SSSR count). The lowest BCUT2D eigenvalue weighted by Gasteiger charge is -2.38. The zero-order valence-corrected chi connectivity index (χ0v) is 13.8. The maximum Gasteiger partial charge on any atom is 0.323 e. The molecule has 0 radical (unpaired) electrons.